The Labute approximate surface area is 120 Å². The van der Waals surface area contributed by atoms with Gasteiger partial charge in [-0.2, -0.15) is 0 Å². The SMILES string of the molecule is CCCNC1CC(Oc2cc(C)ccc2Cl)C1OC. The van der Waals surface area contributed by atoms with Crippen LogP contribution in [0.15, 0.2) is 18.2 Å². The van der Waals surface area contributed by atoms with Gasteiger partial charge in [-0.25, -0.2) is 0 Å². The van der Waals surface area contributed by atoms with E-state index in [-0.39, 0.29) is 12.2 Å². The van der Waals surface area contributed by atoms with Crippen LogP contribution in [0.1, 0.15) is 25.3 Å². The molecule has 0 aliphatic heterocycles. The molecule has 0 saturated heterocycles. The van der Waals surface area contributed by atoms with E-state index in [0.717, 1.165) is 30.7 Å². The van der Waals surface area contributed by atoms with Crippen molar-refractivity contribution in [2.75, 3.05) is 13.7 Å². The van der Waals surface area contributed by atoms with E-state index in [2.05, 4.69) is 12.2 Å². The second-order valence-electron chi connectivity index (χ2n) is 5.09. The third kappa shape index (κ3) is 3.41. The number of rotatable bonds is 6. The smallest absolute Gasteiger partial charge is 0.138 e. The number of methoxy groups -OCH3 is 1. The zero-order chi connectivity index (χ0) is 13.8. The molecule has 0 bridgehead atoms. The minimum atomic E-state index is 0.0821. The van der Waals surface area contributed by atoms with Gasteiger partial charge in [0.1, 0.15) is 18.0 Å². The zero-order valence-corrected chi connectivity index (χ0v) is 12.5. The summed E-state index contributed by atoms with van der Waals surface area (Å²) >= 11 is 6.15. The summed E-state index contributed by atoms with van der Waals surface area (Å²) < 4.78 is 11.5. The van der Waals surface area contributed by atoms with Crippen molar-refractivity contribution in [1.29, 1.82) is 0 Å². The summed E-state index contributed by atoms with van der Waals surface area (Å²) in [4.78, 5) is 0. The Morgan fingerprint density at radius 2 is 2.21 bits per heavy atom. The molecular formula is C15H22ClNO2. The zero-order valence-electron chi connectivity index (χ0n) is 11.8. The molecular weight excluding hydrogens is 262 g/mol. The van der Waals surface area contributed by atoms with E-state index in [1.807, 2.05) is 25.1 Å². The van der Waals surface area contributed by atoms with Gasteiger partial charge in [0.2, 0.25) is 0 Å². The molecule has 0 amide bonds. The highest BCUT2D eigenvalue weighted by molar-refractivity contribution is 6.32. The first kappa shape index (κ1) is 14.6. The summed E-state index contributed by atoms with van der Waals surface area (Å²) in [6.07, 6.45) is 2.27. The van der Waals surface area contributed by atoms with Crippen LogP contribution in [0.5, 0.6) is 5.75 Å². The predicted molar refractivity (Wildman–Crippen MR) is 78.1 cm³/mol. The molecule has 1 fully saturated rings. The Morgan fingerprint density at radius 3 is 2.89 bits per heavy atom. The Bertz CT molecular complexity index is 425. The first-order valence-corrected chi connectivity index (χ1v) is 7.22. The quantitative estimate of drug-likeness (QED) is 0.870. The first-order chi connectivity index (χ1) is 9.15. The van der Waals surface area contributed by atoms with Crippen molar-refractivity contribution in [3.8, 4) is 5.75 Å². The van der Waals surface area contributed by atoms with Gasteiger partial charge in [-0.15, -0.1) is 0 Å². The van der Waals surface area contributed by atoms with Crippen molar-refractivity contribution in [2.45, 2.75) is 44.9 Å². The van der Waals surface area contributed by atoms with E-state index in [0.29, 0.717) is 11.1 Å². The van der Waals surface area contributed by atoms with E-state index >= 15 is 0 Å². The van der Waals surface area contributed by atoms with Crippen LogP contribution in [-0.2, 0) is 4.74 Å². The van der Waals surface area contributed by atoms with Crippen LogP contribution in [-0.4, -0.2) is 31.9 Å². The van der Waals surface area contributed by atoms with Crippen LogP contribution in [0.25, 0.3) is 0 Å². The average molecular weight is 284 g/mol. The molecule has 1 aromatic rings. The van der Waals surface area contributed by atoms with Gasteiger partial charge in [0.25, 0.3) is 0 Å². The molecule has 0 radical (unpaired) electrons. The fourth-order valence-electron chi connectivity index (χ4n) is 2.41. The minimum Gasteiger partial charge on any atom is -0.486 e. The topological polar surface area (TPSA) is 30.5 Å². The van der Waals surface area contributed by atoms with Crippen molar-refractivity contribution in [3.05, 3.63) is 28.8 Å². The molecule has 2 rings (SSSR count). The van der Waals surface area contributed by atoms with Crippen LogP contribution in [0.3, 0.4) is 0 Å². The maximum atomic E-state index is 6.15. The van der Waals surface area contributed by atoms with Gasteiger partial charge in [0, 0.05) is 19.6 Å². The number of ether oxygens (including phenoxy) is 2. The highest BCUT2D eigenvalue weighted by Gasteiger charge is 2.43. The maximum Gasteiger partial charge on any atom is 0.138 e. The molecule has 3 atom stereocenters. The second kappa shape index (κ2) is 6.60. The third-order valence-electron chi connectivity index (χ3n) is 3.54. The molecule has 1 aromatic carbocycles. The summed E-state index contributed by atoms with van der Waals surface area (Å²) in [5.74, 6) is 0.752. The van der Waals surface area contributed by atoms with Crippen molar-refractivity contribution >= 4 is 11.6 Å². The molecule has 3 nitrogen and oxygen atoms in total. The molecule has 1 N–H and O–H groups in total. The van der Waals surface area contributed by atoms with Gasteiger partial charge in [-0.05, 0) is 37.6 Å². The molecule has 0 spiro atoms. The van der Waals surface area contributed by atoms with Crippen molar-refractivity contribution in [3.63, 3.8) is 0 Å². The molecule has 19 heavy (non-hydrogen) atoms. The van der Waals surface area contributed by atoms with Gasteiger partial charge in [-0.3, -0.25) is 0 Å². The lowest BCUT2D eigenvalue weighted by Gasteiger charge is -2.43. The van der Waals surface area contributed by atoms with Crippen LogP contribution < -0.4 is 10.1 Å². The fraction of sp³-hybridized carbons (Fsp3) is 0.600. The van der Waals surface area contributed by atoms with E-state index in [1.54, 1.807) is 7.11 Å². The molecule has 3 unspecified atom stereocenters. The van der Waals surface area contributed by atoms with Crippen molar-refractivity contribution in [1.82, 2.24) is 5.32 Å². The van der Waals surface area contributed by atoms with Crippen LogP contribution in [0.2, 0.25) is 5.02 Å². The summed E-state index contributed by atoms with van der Waals surface area (Å²) in [5, 5.41) is 4.13. The average Bonchev–Trinajstić information content (AvgIpc) is 2.37. The lowest BCUT2D eigenvalue weighted by atomic mass is 9.85. The number of benzene rings is 1. The molecule has 0 aromatic heterocycles. The summed E-state index contributed by atoms with van der Waals surface area (Å²) in [7, 11) is 1.73. The summed E-state index contributed by atoms with van der Waals surface area (Å²) in [6.45, 7) is 5.21. The van der Waals surface area contributed by atoms with Gasteiger partial charge >= 0.3 is 0 Å². The Morgan fingerprint density at radius 1 is 1.42 bits per heavy atom. The summed E-state index contributed by atoms with van der Waals surface area (Å²) in [5.41, 5.74) is 1.15. The largest absolute Gasteiger partial charge is 0.486 e. The van der Waals surface area contributed by atoms with E-state index in [9.17, 15) is 0 Å². The van der Waals surface area contributed by atoms with Crippen LogP contribution in [0, 0.1) is 6.92 Å². The first-order valence-electron chi connectivity index (χ1n) is 6.84. The van der Waals surface area contributed by atoms with E-state index in [1.165, 1.54) is 0 Å². The fourth-order valence-corrected chi connectivity index (χ4v) is 2.57. The predicted octanol–water partition coefficient (Wildman–Crippen LogP) is 3.18. The summed E-state index contributed by atoms with van der Waals surface area (Å²) in [6, 6.07) is 6.22. The lowest BCUT2D eigenvalue weighted by Crippen LogP contribution is -2.61. The molecule has 4 heteroatoms. The monoisotopic (exact) mass is 283 g/mol. The van der Waals surface area contributed by atoms with Gasteiger partial charge < -0.3 is 14.8 Å². The number of hydrogen-bond donors (Lipinski definition) is 1. The number of hydrogen-bond acceptors (Lipinski definition) is 3. The maximum absolute atomic E-state index is 6.15. The van der Waals surface area contributed by atoms with Crippen molar-refractivity contribution < 1.29 is 9.47 Å². The number of nitrogens with one attached hydrogen (secondary N) is 1. The van der Waals surface area contributed by atoms with Crippen LogP contribution in [0.4, 0.5) is 0 Å². The van der Waals surface area contributed by atoms with Gasteiger partial charge in [0.15, 0.2) is 0 Å². The Balaban J connectivity index is 1.95. The standard InChI is InChI=1S/C15H22ClNO2/c1-4-7-17-12-9-14(15(12)18-3)19-13-8-10(2)5-6-11(13)16/h5-6,8,12,14-15,17H,4,7,9H2,1-3H3. The van der Waals surface area contributed by atoms with Crippen molar-refractivity contribution in [2.24, 2.45) is 0 Å². The second-order valence-corrected chi connectivity index (χ2v) is 5.49. The minimum absolute atomic E-state index is 0.0821. The number of halogens is 1. The lowest BCUT2D eigenvalue weighted by molar-refractivity contribution is -0.0886. The Hall–Kier alpha value is -0.770. The number of aryl methyl sites for hydroxylation is 1. The molecule has 1 saturated carbocycles. The van der Waals surface area contributed by atoms with E-state index in [4.69, 9.17) is 21.1 Å². The van der Waals surface area contributed by atoms with Gasteiger partial charge in [-0.1, -0.05) is 24.6 Å². The highest BCUT2D eigenvalue weighted by Crippen LogP contribution is 2.33. The molecule has 0 heterocycles. The van der Waals surface area contributed by atoms with E-state index < -0.39 is 0 Å². The molecule has 1 aliphatic carbocycles. The highest BCUT2D eigenvalue weighted by atomic mass is 35.5. The van der Waals surface area contributed by atoms with Gasteiger partial charge in [0.05, 0.1) is 5.02 Å². The molecule has 1 aliphatic rings. The Kier molecular flexibility index (Phi) is 5.08. The normalized spacial score (nSPS) is 26.0. The third-order valence-corrected chi connectivity index (χ3v) is 3.86. The van der Waals surface area contributed by atoms with Crippen LogP contribution >= 0.6 is 11.6 Å². The molecule has 106 valence electrons.